The van der Waals surface area contributed by atoms with Crippen molar-refractivity contribution in [2.45, 2.75) is 26.3 Å². The monoisotopic (exact) mass is 181 g/mol. The maximum Gasteiger partial charge on any atom is 0.162 e. The quantitative estimate of drug-likeness (QED) is 0.609. The first-order chi connectivity index (χ1) is 6.06. The smallest absolute Gasteiger partial charge is 0.162 e. The van der Waals surface area contributed by atoms with Gasteiger partial charge in [-0.2, -0.15) is 0 Å². The predicted octanol–water partition coefficient (Wildman–Crippen LogP) is 1.82. The van der Waals surface area contributed by atoms with Crippen LogP contribution in [0.2, 0.25) is 0 Å². The van der Waals surface area contributed by atoms with Crippen molar-refractivity contribution >= 4 is 0 Å². The molecular formula is C10H15NO2. The van der Waals surface area contributed by atoms with Crippen molar-refractivity contribution in [3.63, 3.8) is 0 Å². The first-order valence-electron chi connectivity index (χ1n) is 4.34. The third-order valence-corrected chi connectivity index (χ3v) is 2.10. The number of hydrogen-bond acceptors (Lipinski definition) is 3. The molecule has 0 saturated heterocycles. The van der Waals surface area contributed by atoms with Gasteiger partial charge >= 0.3 is 0 Å². The van der Waals surface area contributed by atoms with E-state index in [-0.39, 0.29) is 17.5 Å². The minimum Gasteiger partial charge on any atom is -0.504 e. The summed E-state index contributed by atoms with van der Waals surface area (Å²) < 4.78 is 0. The number of aryl methyl sites for hydroxylation is 1. The van der Waals surface area contributed by atoms with E-state index in [1.54, 1.807) is 6.07 Å². The molecule has 0 aromatic heterocycles. The fourth-order valence-electron chi connectivity index (χ4n) is 1.29. The highest BCUT2D eigenvalue weighted by Crippen LogP contribution is 2.34. The minimum absolute atomic E-state index is 0.0973. The van der Waals surface area contributed by atoms with Crippen LogP contribution >= 0.6 is 0 Å². The molecule has 0 bridgehead atoms. The number of phenols is 2. The molecule has 0 saturated carbocycles. The molecule has 13 heavy (non-hydrogen) atoms. The number of hydrogen-bond donors (Lipinski definition) is 3. The normalized spacial score (nSPS) is 12.8. The van der Waals surface area contributed by atoms with Gasteiger partial charge in [-0.3, -0.25) is 0 Å². The SMILES string of the molecule is CCC(N)c1cc(C)cc(O)c1O. The third-order valence-electron chi connectivity index (χ3n) is 2.10. The van der Waals surface area contributed by atoms with Crippen LogP contribution in [0.25, 0.3) is 0 Å². The molecule has 3 heteroatoms. The fraction of sp³-hybridized carbons (Fsp3) is 0.400. The van der Waals surface area contributed by atoms with Gasteiger partial charge in [0.1, 0.15) is 0 Å². The molecule has 0 amide bonds. The Morgan fingerprint density at radius 1 is 1.38 bits per heavy atom. The molecule has 0 spiro atoms. The van der Waals surface area contributed by atoms with Gasteiger partial charge in [0.15, 0.2) is 11.5 Å². The van der Waals surface area contributed by atoms with E-state index >= 15 is 0 Å². The Kier molecular flexibility index (Phi) is 2.78. The van der Waals surface area contributed by atoms with Crippen LogP contribution in [0, 0.1) is 6.92 Å². The molecule has 0 fully saturated rings. The Labute approximate surface area is 77.8 Å². The number of aromatic hydroxyl groups is 2. The lowest BCUT2D eigenvalue weighted by Crippen LogP contribution is -2.09. The minimum atomic E-state index is -0.217. The van der Waals surface area contributed by atoms with Crippen molar-refractivity contribution in [3.8, 4) is 11.5 Å². The highest BCUT2D eigenvalue weighted by Gasteiger charge is 2.12. The van der Waals surface area contributed by atoms with Crippen LogP contribution in [-0.4, -0.2) is 10.2 Å². The summed E-state index contributed by atoms with van der Waals surface area (Å²) in [6.07, 6.45) is 0.733. The zero-order chi connectivity index (χ0) is 10.0. The summed E-state index contributed by atoms with van der Waals surface area (Å²) in [6.45, 7) is 3.79. The van der Waals surface area contributed by atoms with E-state index in [1.807, 2.05) is 13.8 Å². The average molecular weight is 181 g/mol. The topological polar surface area (TPSA) is 66.5 Å². The van der Waals surface area contributed by atoms with Crippen LogP contribution in [0.4, 0.5) is 0 Å². The van der Waals surface area contributed by atoms with Gasteiger partial charge in [-0.05, 0) is 25.0 Å². The van der Waals surface area contributed by atoms with E-state index in [0.29, 0.717) is 5.56 Å². The van der Waals surface area contributed by atoms with Gasteiger partial charge in [0.25, 0.3) is 0 Å². The molecule has 0 heterocycles. The molecule has 0 aliphatic carbocycles. The van der Waals surface area contributed by atoms with Crippen LogP contribution in [-0.2, 0) is 0 Å². The molecule has 3 nitrogen and oxygen atoms in total. The van der Waals surface area contributed by atoms with Gasteiger partial charge in [-0.15, -0.1) is 0 Å². The predicted molar refractivity (Wildman–Crippen MR) is 51.7 cm³/mol. The Morgan fingerprint density at radius 2 is 2.00 bits per heavy atom. The zero-order valence-corrected chi connectivity index (χ0v) is 7.91. The van der Waals surface area contributed by atoms with Gasteiger partial charge in [0, 0.05) is 11.6 Å². The lowest BCUT2D eigenvalue weighted by atomic mass is 10.0. The molecule has 1 atom stereocenters. The fourth-order valence-corrected chi connectivity index (χ4v) is 1.29. The van der Waals surface area contributed by atoms with Crippen LogP contribution < -0.4 is 5.73 Å². The molecule has 0 aliphatic heterocycles. The molecule has 1 rings (SSSR count). The second-order valence-electron chi connectivity index (χ2n) is 3.24. The van der Waals surface area contributed by atoms with Crippen molar-refractivity contribution in [1.29, 1.82) is 0 Å². The van der Waals surface area contributed by atoms with Crippen molar-refractivity contribution in [2.75, 3.05) is 0 Å². The van der Waals surface area contributed by atoms with E-state index in [0.717, 1.165) is 12.0 Å². The molecule has 4 N–H and O–H groups in total. The lowest BCUT2D eigenvalue weighted by Gasteiger charge is -2.13. The number of benzene rings is 1. The highest BCUT2D eigenvalue weighted by atomic mass is 16.3. The summed E-state index contributed by atoms with van der Waals surface area (Å²) in [5, 5.41) is 18.8. The number of phenolic OH excluding ortho intramolecular Hbond substituents is 2. The van der Waals surface area contributed by atoms with E-state index in [4.69, 9.17) is 5.73 Å². The standard InChI is InChI=1S/C10H15NO2/c1-3-8(11)7-4-6(2)5-9(12)10(7)13/h4-5,8,12-13H,3,11H2,1-2H3. The summed E-state index contributed by atoms with van der Waals surface area (Å²) in [4.78, 5) is 0. The van der Waals surface area contributed by atoms with Crippen molar-refractivity contribution < 1.29 is 10.2 Å². The molecule has 72 valence electrons. The maximum atomic E-state index is 9.49. The largest absolute Gasteiger partial charge is 0.504 e. The second-order valence-corrected chi connectivity index (χ2v) is 3.24. The highest BCUT2D eigenvalue weighted by molar-refractivity contribution is 5.48. The first kappa shape index (κ1) is 9.86. The van der Waals surface area contributed by atoms with Gasteiger partial charge in [-0.1, -0.05) is 13.0 Å². The summed E-state index contributed by atoms with van der Waals surface area (Å²) in [7, 11) is 0. The van der Waals surface area contributed by atoms with Gasteiger partial charge in [-0.25, -0.2) is 0 Å². The molecule has 1 aromatic rings. The van der Waals surface area contributed by atoms with Crippen LogP contribution in [0.15, 0.2) is 12.1 Å². The maximum absolute atomic E-state index is 9.49. The number of nitrogens with two attached hydrogens (primary N) is 1. The van der Waals surface area contributed by atoms with Gasteiger partial charge < -0.3 is 15.9 Å². The van der Waals surface area contributed by atoms with Crippen molar-refractivity contribution in [1.82, 2.24) is 0 Å². The van der Waals surface area contributed by atoms with E-state index in [9.17, 15) is 10.2 Å². The third kappa shape index (κ3) is 1.92. The van der Waals surface area contributed by atoms with Crippen LogP contribution in [0.5, 0.6) is 11.5 Å². The average Bonchev–Trinajstić information content (AvgIpc) is 2.10. The van der Waals surface area contributed by atoms with Crippen molar-refractivity contribution in [3.05, 3.63) is 23.3 Å². The van der Waals surface area contributed by atoms with E-state index in [2.05, 4.69) is 0 Å². The Bertz CT molecular complexity index is 310. The Morgan fingerprint density at radius 3 is 2.54 bits per heavy atom. The summed E-state index contributed by atoms with van der Waals surface area (Å²) in [5.74, 6) is -0.196. The van der Waals surface area contributed by atoms with Gasteiger partial charge in [0.2, 0.25) is 0 Å². The summed E-state index contributed by atoms with van der Waals surface area (Å²) >= 11 is 0. The summed E-state index contributed by atoms with van der Waals surface area (Å²) in [6, 6.07) is 3.09. The van der Waals surface area contributed by atoms with E-state index in [1.165, 1.54) is 6.07 Å². The second kappa shape index (κ2) is 3.66. The summed E-state index contributed by atoms with van der Waals surface area (Å²) in [5.41, 5.74) is 7.27. The zero-order valence-electron chi connectivity index (χ0n) is 7.91. The van der Waals surface area contributed by atoms with Crippen molar-refractivity contribution in [2.24, 2.45) is 5.73 Å². The Hall–Kier alpha value is -1.22. The molecule has 1 unspecified atom stereocenters. The number of rotatable bonds is 2. The molecule has 1 aromatic carbocycles. The molecular weight excluding hydrogens is 166 g/mol. The van der Waals surface area contributed by atoms with Gasteiger partial charge in [0.05, 0.1) is 0 Å². The molecule has 0 aliphatic rings. The lowest BCUT2D eigenvalue weighted by molar-refractivity contribution is 0.395. The van der Waals surface area contributed by atoms with Crippen LogP contribution in [0.1, 0.15) is 30.5 Å². The first-order valence-corrected chi connectivity index (χ1v) is 4.34. The Balaban J connectivity index is 3.20. The van der Waals surface area contributed by atoms with E-state index < -0.39 is 0 Å². The van der Waals surface area contributed by atoms with Crippen LogP contribution in [0.3, 0.4) is 0 Å². The molecule has 0 radical (unpaired) electrons.